The first kappa shape index (κ1) is 12.9. The first-order valence-corrected chi connectivity index (χ1v) is 5.73. The normalized spacial score (nSPS) is 17.8. The minimum absolute atomic E-state index is 0.193. The second-order valence-electron chi connectivity index (χ2n) is 3.94. The van der Waals surface area contributed by atoms with Crippen molar-refractivity contribution in [3.05, 3.63) is 0 Å². The number of carbonyl (C=O) groups excluding carboxylic acids is 1. The van der Waals surface area contributed by atoms with Gasteiger partial charge in [0.05, 0.1) is 19.3 Å². The van der Waals surface area contributed by atoms with Crippen molar-refractivity contribution in [2.24, 2.45) is 5.41 Å². The maximum atomic E-state index is 12.0. The van der Waals surface area contributed by atoms with Crippen molar-refractivity contribution >= 4 is 5.91 Å². The highest BCUT2D eigenvalue weighted by atomic mass is 16.5. The summed E-state index contributed by atoms with van der Waals surface area (Å²) in [6.07, 6.45) is 1.08. The van der Waals surface area contributed by atoms with E-state index in [0.29, 0.717) is 39.1 Å². The molecule has 0 aromatic rings. The fourth-order valence-electron chi connectivity index (χ4n) is 1.71. The van der Waals surface area contributed by atoms with E-state index in [1.807, 2.05) is 18.9 Å². The molecular formula is C11H19N3O2. The molecule has 1 aliphatic rings. The first-order valence-electron chi connectivity index (χ1n) is 5.73. The van der Waals surface area contributed by atoms with Crippen molar-refractivity contribution in [2.75, 3.05) is 26.3 Å². The van der Waals surface area contributed by atoms with Gasteiger partial charge in [0, 0.05) is 13.1 Å². The Labute approximate surface area is 96.3 Å². The van der Waals surface area contributed by atoms with Crippen LogP contribution in [0, 0.1) is 16.7 Å². The molecule has 0 aromatic heterocycles. The molecule has 0 atom stereocenters. The molecule has 0 bridgehead atoms. The molecule has 1 N–H and O–H groups in total. The summed E-state index contributed by atoms with van der Waals surface area (Å²) in [5.41, 5.74) is 1.91. The van der Waals surface area contributed by atoms with E-state index in [4.69, 9.17) is 10.00 Å². The second kappa shape index (κ2) is 5.83. The monoisotopic (exact) mass is 225 g/mol. The third kappa shape index (κ3) is 2.71. The number of hydrogen-bond donors (Lipinski definition) is 1. The summed E-state index contributed by atoms with van der Waals surface area (Å²) < 4.78 is 5.19. The summed E-state index contributed by atoms with van der Waals surface area (Å²) in [4.78, 5) is 12.0. The van der Waals surface area contributed by atoms with Crippen LogP contribution in [0.15, 0.2) is 0 Å². The smallest absolute Gasteiger partial charge is 0.254 e. The lowest BCUT2D eigenvalue weighted by molar-refractivity contribution is -0.135. The zero-order valence-corrected chi connectivity index (χ0v) is 9.95. The van der Waals surface area contributed by atoms with Gasteiger partial charge in [0.25, 0.3) is 5.91 Å². The van der Waals surface area contributed by atoms with Crippen LogP contribution < -0.4 is 5.43 Å². The Hall–Kier alpha value is -1.12. The van der Waals surface area contributed by atoms with Crippen molar-refractivity contribution in [2.45, 2.75) is 26.7 Å². The highest BCUT2D eigenvalue weighted by molar-refractivity contribution is 5.84. The minimum Gasteiger partial charge on any atom is -0.379 e. The molecule has 0 spiro atoms. The molecule has 1 fully saturated rings. The number of ether oxygens (including phenoxy) is 1. The molecule has 5 nitrogen and oxygen atoms in total. The SMILES string of the molecule is CCC(C#N)(CC)C(=O)NN1CCOCC1. The molecule has 0 aromatic carbocycles. The fraction of sp³-hybridized carbons (Fsp3) is 0.818. The van der Waals surface area contributed by atoms with Gasteiger partial charge in [-0.15, -0.1) is 0 Å². The molecule has 90 valence electrons. The summed E-state index contributed by atoms with van der Waals surface area (Å²) in [6.45, 7) is 6.34. The number of carbonyl (C=O) groups is 1. The minimum atomic E-state index is -0.891. The van der Waals surface area contributed by atoms with E-state index in [1.165, 1.54) is 0 Å². The Morgan fingerprint density at radius 1 is 1.44 bits per heavy atom. The van der Waals surface area contributed by atoms with E-state index < -0.39 is 5.41 Å². The van der Waals surface area contributed by atoms with Gasteiger partial charge in [-0.3, -0.25) is 10.2 Å². The molecule has 5 heteroatoms. The van der Waals surface area contributed by atoms with Gasteiger partial charge in [-0.25, -0.2) is 5.01 Å². The molecule has 0 unspecified atom stereocenters. The quantitative estimate of drug-likeness (QED) is 0.764. The van der Waals surface area contributed by atoms with Crippen LogP contribution in [0.2, 0.25) is 0 Å². The zero-order valence-electron chi connectivity index (χ0n) is 9.95. The Morgan fingerprint density at radius 2 is 2.00 bits per heavy atom. The van der Waals surface area contributed by atoms with Gasteiger partial charge >= 0.3 is 0 Å². The van der Waals surface area contributed by atoms with Crippen molar-refractivity contribution in [3.8, 4) is 6.07 Å². The standard InChI is InChI=1S/C11H19N3O2/c1-3-11(4-2,9-12)10(15)13-14-5-7-16-8-6-14/h3-8H2,1-2H3,(H,13,15). The lowest BCUT2D eigenvalue weighted by Gasteiger charge is -2.31. The van der Waals surface area contributed by atoms with Crippen LogP contribution in [0.25, 0.3) is 0 Å². The van der Waals surface area contributed by atoms with Crippen molar-refractivity contribution in [1.29, 1.82) is 5.26 Å². The Bertz CT molecular complexity index is 275. The van der Waals surface area contributed by atoms with E-state index in [2.05, 4.69) is 11.5 Å². The molecule has 16 heavy (non-hydrogen) atoms. The third-order valence-electron chi connectivity index (χ3n) is 3.13. The maximum Gasteiger partial charge on any atom is 0.254 e. The van der Waals surface area contributed by atoms with Crippen LogP contribution in [0.3, 0.4) is 0 Å². The number of nitriles is 1. The Morgan fingerprint density at radius 3 is 2.44 bits per heavy atom. The Balaban J connectivity index is 2.58. The fourth-order valence-corrected chi connectivity index (χ4v) is 1.71. The number of rotatable bonds is 4. The number of hydrogen-bond acceptors (Lipinski definition) is 4. The van der Waals surface area contributed by atoms with Crippen LogP contribution in [0.5, 0.6) is 0 Å². The summed E-state index contributed by atoms with van der Waals surface area (Å²) >= 11 is 0. The average Bonchev–Trinajstić information content (AvgIpc) is 2.33. The van der Waals surface area contributed by atoms with Crippen LogP contribution in [-0.4, -0.2) is 37.2 Å². The van der Waals surface area contributed by atoms with Crippen LogP contribution in [0.1, 0.15) is 26.7 Å². The van der Waals surface area contributed by atoms with E-state index >= 15 is 0 Å². The average molecular weight is 225 g/mol. The van der Waals surface area contributed by atoms with E-state index in [9.17, 15) is 4.79 Å². The van der Waals surface area contributed by atoms with Gasteiger partial charge in [0.2, 0.25) is 0 Å². The van der Waals surface area contributed by atoms with Gasteiger partial charge in [-0.05, 0) is 12.8 Å². The van der Waals surface area contributed by atoms with Crippen LogP contribution in [-0.2, 0) is 9.53 Å². The molecule has 1 heterocycles. The highest BCUT2D eigenvalue weighted by Gasteiger charge is 2.36. The van der Waals surface area contributed by atoms with E-state index in [-0.39, 0.29) is 5.91 Å². The van der Waals surface area contributed by atoms with E-state index in [1.54, 1.807) is 0 Å². The topological polar surface area (TPSA) is 65.4 Å². The molecule has 0 radical (unpaired) electrons. The van der Waals surface area contributed by atoms with Gasteiger partial charge < -0.3 is 4.74 Å². The molecular weight excluding hydrogens is 206 g/mol. The van der Waals surface area contributed by atoms with Crippen LogP contribution in [0.4, 0.5) is 0 Å². The van der Waals surface area contributed by atoms with Crippen molar-refractivity contribution < 1.29 is 9.53 Å². The molecule has 1 aliphatic heterocycles. The summed E-state index contributed by atoms with van der Waals surface area (Å²) in [6, 6.07) is 2.13. The molecule has 1 saturated heterocycles. The lowest BCUT2D eigenvalue weighted by Crippen LogP contribution is -2.52. The summed E-state index contributed by atoms with van der Waals surface area (Å²) in [5.74, 6) is -0.193. The number of nitrogens with one attached hydrogen (secondary N) is 1. The van der Waals surface area contributed by atoms with Gasteiger partial charge in [0.1, 0.15) is 5.41 Å². The predicted octanol–water partition coefficient (Wildman–Crippen LogP) is 0.680. The molecule has 1 amide bonds. The molecule has 1 rings (SSSR count). The van der Waals surface area contributed by atoms with E-state index in [0.717, 1.165) is 0 Å². The highest BCUT2D eigenvalue weighted by Crippen LogP contribution is 2.25. The maximum absolute atomic E-state index is 12.0. The number of morpholine rings is 1. The molecule has 0 saturated carbocycles. The van der Waals surface area contributed by atoms with Crippen molar-refractivity contribution in [3.63, 3.8) is 0 Å². The van der Waals surface area contributed by atoms with Gasteiger partial charge in [0.15, 0.2) is 0 Å². The largest absolute Gasteiger partial charge is 0.379 e. The number of nitrogens with zero attached hydrogens (tertiary/aromatic N) is 2. The van der Waals surface area contributed by atoms with Crippen LogP contribution >= 0.6 is 0 Å². The molecule has 0 aliphatic carbocycles. The van der Waals surface area contributed by atoms with Crippen molar-refractivity contribution in [1.82, 2.24) is 10.4 Å². The number of amides is 1. The lowest BCUT2D eigenvalue weighted by atomic mass is 9.83. The summed E-state index contributed by atoms with van der Waals surface area (Å²) in [5, 5.41) is 10.9. The third-order valence-corrected chi connectivity index (χ3v) is 3.13. The van der Waals surface area contributed by atoms with Gasteiger partial charge in [-0.1, -0.05) is 13.8 Å². The zero-order chi connectivity index (χ0) is 12.0. The second-order valence-corrected chi connectivity index (χ2v) is 3.94. The predicted molar refractivity (Wildman–Crippen MR) is 59.2 cm³/mol. The number of hydrazine groups is 1. The summed E-state index contributed by atoms with van der Waals surface area (Å²) in [7, 11) is 0. The van der Waals surface area contributed by atoms with Gasteiger partial charge in [-0.2, -0.15) is 5.26 Å². The Kier molecular flexibility index (Phi) is 4.71. The first-order chi connectivity index (χ1) is 7.68.